The molecule has 0 aliphatic heterocycles. The van der Waals surface area contributed by atoms with Gasteiger partial charge in [-0.15, -0.1) is 0 Å². The number of hydrogen-bond donors (Lipinski definition) is 1. The fourth-order valence-electron chi connectivity index (χ4n) is 3.07. The van der Waals surface area contributed by atoms with E-state index in [4.69, 9.17) is 11.6 Å². The van der Waals surface area contributed by atoms with Crippen LogP contribution in [0.2, 0.25) is 5.02 Å². The lowest BCUT2D eigenvalue weighted by Gasteiger charge is -2.18. The van der Waals surface area contributed by atoms with Gasteiger partial charge in [0.1, 0.15) is 0 Å². The largest absolute Gasteiger partial charge is 0.287 e. The van der Waals surface area contributed by atoms with Crippen molar-refractivity contribution in [3.8, 4) is 0 Å². The SMILES string of the molecule is O=C1C(NS(=O)(=O)c2ccccc2)=C/C(=N/S(=O)(=O)c2ccc(Cl)cc2)c2ccccc21. The highest BCUT2D eigenvalue weighted by Crippen LogP contribution is 2.24. The Kier molecular flexibility index (Phi) is 5.72. The van der Waals surface area contributed by atoms with E-state index in [1.54, 1.807) is 36.4 Å². The second-order valence-electron chi connectivity index (χ2n) is 6.76. The van der Waals surface area contributed by atoms with Crippen LogP contribution in [0, 0.1) is 0 Å². The van der Waals surface area contributed by atoms with Crippen LogP contribution in [0.15, 0.2) is 105 Å². The highest BCUT2D eigenvalue weighted by molar-refractivity contribution is 7.90. The fourth-order valence-corrected chi connectivity index (χ4v) is 5.27. The average Bonchev–Trinajstić information content (AvgIpc) is 2.77. The summed E-state index contributed by atoms with van der Waals surface area (Å²) in [5.74, 6) is -0.594. The molecular formula is C22H15ClN2O5S2. The molecule has 0 unspecified atom stereocenters. The van der Waals surface area contributed by atoms with Gasteiger partial charge in [-0.3, -0.25) is 9.52 Å². The Balaban J connectivity index is 1.82. The van der Waals surface area contributed by atoms with Gasteiger partial charge in [-0.25, -0.2) is 8.42 Å². The summed E-state index contributed by atoms with van der Waals surface area (Å²) in [5, 5.41) is 0.364. The maximum absolute atomic E-state index is 12.9. The van der Waals surface area contributed by atoms with Crippen molar-refractivity contribution in [3.05, 3.63) is 107 Å². The molecule has 3 aromatic rings. The third kappa shape index (κ3) is 4.36. The van der Waals surface area contributed by atoms with Gasteiger partial charge in [0.2, 0.25) is 5.78 Å². The fraction of sp³-hybridized carbons (Fsp3) is 0. The molecule has 0 atom stereocenters. The standard InChI is InChI=1S/C22H15ClN2O5S2/c23-15-10-12-17(13-11-15)32(29,30)24-20-14-21(22(26)19-9-5-4-8-18(19)20)25-31(27,28)16-6-2-1-3-7-16/h1-14,25H/b24-20-. The van der Waals surface area contributed by atoms with Crippen molar-refractivity contribution in [3.63, 3.8) is 0 Å². The molecule has 0 saturated heterocycles. The van der Waals surface area contributed by atoms with Crippen LogP contribution in [0.1, 0.15) is 15.9 Å². The molecule has 32 heavy (non-hydrogen) atoms. The molecule has 4 rings (SSSR count). The Hall–Kier alpha value is -3.27. The molecule has 162 valence electrons. The first-order valence-corrected chi connectivity index (χ1v) is 12.5. The third-order valence-corrected chi connectivity index (χ3v) is 7.54. The number of rotatable bonds is 5. The van der Waals surface area contributed by atoms with Gasteiger partial charge in [-0.2, -0.15) is 12.8 Å². The zero-order chi connectivity index (χ0) is 22.9. The summed E-state index contributed by atoms with van der Waals surface area (Å²) in [6.45, 7) is 0. The van der Waals surface area contributed by atoms with Crippen LogP contribution in [0.4, 0.5) is 0 Å². The van der Waals surface area contributed by atoms with Crippen LogP contribution in [0.25, 0.3) is 0 Å². The molecule has 1 aliphatic carbocycles. The number of Topliss-reactive ketones (excluding diaryl/α,β-unsaturated/α-hetero) is 1. The van der Waals surface area contributed by atoms with E-state index in [1.165, 1.54) is 42.5 Å². The molecular weight excluding hydrogens is 472 g/mol. The predicted molar refractivity (Wildman–Crippen MR) is 121 cm³/mol. The molecule has 0 radical (unpaired) electrons. The first-order chi connectivity index (χ1) is 15.2. The van der Waals surface area contributed by atoms with Crippen molar-refractivity contribution in [1.82, 2.24) is 4.72 Å². The number of ketones is 1. The maximum atomic E-state index is 12.9. The van der Waals surface area contributed by atoms with E-state index in [2.05, 4.69) is 9.12 Å². The zero-order valence-electron chi connectivity index (χ0n) is 16.3. The second-order valence-corrected chi connectivity index (χ2v) is 10.5. The van der Waals surface area contributed by atoms with E-state index in [0.717, 1.165) is 6.08 Å². The second kappa shape index (κ2) is 8.34. The van der Waals surface area contributed by atoms with Gasteiger partial charge >= 0.3 is 0 Å². The minimum absolute atomic E-state index is 0.0418. The quantitative estimate of drug-likeness (QED) is 0.592. The summed E-state index contributed by atoms with van der Waals surface area (Å²) in [6, 6.07) is 19.2. The van der Waals surface area contributed by atoms with Crippen LogP contribution in [0.3, 0.4) is 0 Å². The van der Waals surface area contributed by atoms with Crippen molar-refractivity contribution in [2.24, 2.45) is 4.40 Å². The molecule has 0 bridgehead atoms. The van der Waals surface area contributed by atoms with Crippen molar-refractivity contribution in [2.45, 2.75) is 9.79 Å². The summed E-state index contributed by atoms with van der Waals surface area (Å²) in [5.41, 5.74) is 0.0297. The zero-order valence-corrected chi connectivity index (χ0v) is 18.7. The monoisotopic (exact) mass is 486 g/mol. The number of halogens is 1. The van der Waals surface area contributed by atoms with Crippen LogP contribution >= 0.6 is 11.6 Å². The number of benzene rings is 3. The highest BCUT2D eigenvalue weighted by atomic mass is 35.5. The molecule has 0 aromatic heterocycles. The van der Waals surface area contributed by atoms with Gasteiger partial charge in [0.15, 0.2) is 0 Å². The van der Waals surface area contributed by atoms with E-state index in [1.807, 2.05) is 0 Å². The molecule has 3 aromatic carbocycles. The van der Waals surface area contributed by atoms with Crippen molar-refractivity contribution in [2.75, 3.05) is 0 Å². The minimum Gasteiger partial charge on any atom is -0.287 e. The van der Waals surface area contributed by atoms with E-state index in [9.17, 15) is 21.6 Å². The molecule has 1 aliphatic rings. The van der Waals surface area contributed by atoms with E-state index < -0.39 is 25.8 Å². The van der Waals surface area contributed by atoms with Gasteiger partial charge in [-0.05, 0) is 42.5 Å². The Labute approximate surface area is 190 Å². The molecule has 0 saturated carbocycles. The number of nitrogens with one attached hydrogen (secondary N) is 1. The van der Waals surface area contributed by atoms with Gasteiger partial charge < -0.3 is 0 Å². The highest BCUT2D eigenvalue weighted by Gasteiger charge is 2.29. The van der Waals surface area contributed by atoms with Crippen LogP contribution < -0.4 is 4.72 Å². The van der Waals surface area contributed by atoms with Crippen LogP contribution in [-0.2, 0) is 20.0 Å². The van der Waals surface area contributed by atoms with E-state index in [-0.39, 0.29) is 32.3 Å². The number of allylic oxidation sites excluding steroid dienone is 2. The number of carbonyl (C=O) groups is 1. The maximum Gasteiger partial charge on any atom is 0.282 e. The number of nitrogens with zero attached hydrogens (tertiary/aromatic N) is 1. The summed E-state index contributed by atoms with van der Waals surface area (Å²) in [7, 11) is -8.24. The Morgan fingerprint density at radius 2 is 1.31 bits per heavy atom. The van der Waals surface area contributed by atoms with Gasteiger partial charge in [-0.1, -0.05) is 54.1 Å². The van der Waals surface area contributed by atoms with Crippen LogP contribution in [0.5, 0.6) is 0 Å². The Morgan fingerprint density at radius 1 is 0.719 bits per heavy atom. The summed E-state index contributed by atoms with van der Waals surface area (Å²) in [4.78, 5) is 12.8. The van der Waals surface area contributed by atoms with Crippen LogP contribution in [-0.4, -0.2) is 28.3 Å². The van der Waals surface area contributed by atoms with Gasteiger partial charge in [0.25, 0.3) is 20.0 Å². The normalized spacial score (nSPS) is 15.2. The smallest absolute Gasteiger partial charge is 0.282 e. The van der Waals surface area contributed by atoms with E-state index in [0.29, 0.717) is 5.02 Å². The van der Waals surface area contributed by atoms with Crippen molar-refractivity contribution >= 4 is 43.1 Å². The third-order valence-electron chi connectivity index (χ3n) is 4.60. The predicted octanol–water partition coefficient (Wildman–Crippen LogP) is 3.58. The molecule has 10 heteroatoms. The lowest BCUT2D eigenvalue weighted by Crippen LogP contribution is -2.31. The topological polar surface area (TPSA) is 110 Å². The van der Waals surface area contributed by atoms with E-state index >= 15 is 0 Å². The molecule has 0 spiro atoms. The molecule has 1 N–H and O–H groups in total. The number of sulfonamides is 2. The number of carbonyl (C=O) groups excluding carboxylic acids is 1. The first kappa shape index (κ1) is 21.9. The van der Waals surface area contributed by atoms with Gasteiger partial charge in [0, 0.05) is 16.1 Å². The lowest BCUT2D eigenvalue weighted by atomic mass is 9.93. The molecule has 7 nitrogen and oxygen atoms in total. The Bertz CT molecular complexity index is 1480. The number of hydrogen-bond acceptors (Lipinski definition) is 5. The average molecular weight is 487 g/mol. The van der Waals surface area contributed by atoms with Crippen molar-refractivity contribution < 1.29 is 21.6 Å². The summed E-state index contributed by atoms with van der Waals surface area (Å²) >= 11 is 5.82. The first-order valence-electron chi connectivity index (χ1n) is 9.22. The summed E-state index contributed by atoms with van der Waals surface area (Å²) in [6.07, 6.45) is 1.12. The van der Waals surface area contributed by atoms with Gasteiger partial charge in [0.05, 0.1) is 21.2 Å². The molecule has 0 heterocycles. The Morgan fingerprint density at radius 3 is 1.97 bits per heavy atom. The lowest BCUT2D eigenvalue weighted by molar-refractivity contribution is 0.102. The molecule has 0 amide bonds. The minimum atomic E-state index is -4.16. The van der Waals surface area contributed by atoms with Crippen molar-refractivity contribution in [1.29, 1.82) is 0 Å². The molecule has 0 fully saturated rings. The summed E-state index contributed by atoms with van der Waals surface area (Å²) < 4.78 is 57.3. The number of fused-ring (bicyclic) bond motifs is 1.